The molecule has 1 saturated carbocycles. The molecule has 0 bridgehead atoms. The minimum atomic E-state index is 0.308. The Morgan fingerprint density at radius 2 is 1.38 bits per heavy atom. The molecule has 0 amide bonds. The average molecular weight is 569 g/mol. The van der Waals surface area contributed by atoms with Crippen LogP contribution in [0.25, 0.3) is 11.1 Å². The summed E-state index contributed by atoms with van der Waals surface area (Å²) in [6.07, 6.45) is 12.9. The second-order valence-electron chi connectivity index (χ2n) is 12.4. The summed E-state index contributed by atoms with van der Waals surface area (Å²) in [7, 11) is 1.73. The third-order valence-electron chi connectivity index (χ3n) is 9.49. The Balaban J connectivity index is 1.10. The minimum absolute atomic E-state index is 0.308. The number of nitrogens with zero attached hydrogens (tertiary/aromatic N) is 2. The predicted molar refractivity (Wildman–Crippen MR) is 171 cm³/mol. The van der Waals surface area contributed by atoms with Gasteiger partial charge in [-0.3, -0.25) is 9.80 Å². The lowest BCUT2D eigenvalue weighted by molar-refractivity contribution is 0.0261. The van der Waals surface area contributed by atoms with Gasteiger partial charge in [0.05, 0.1) is 7.11 Å². The zero-order valence-electron chi connectivity index (χ0n) is 25.4. The second-order valence-corrected chi connectivity index (χ2v) is 12.4. The van der Waals surface area contributed by atoms with Crippen LogP contribution in [-0.2, 0) is 6.42 Å². The lowest BCUT2D eigenvalue weighted by atomic mass is 9.90. The Kier molecular flexibility index (Phi) is 9.99. The molecule has 2 atom stereocenters. The first-order valence-electron chi connectivity index (χ1n) is 16.4. The van der Waals surface area contributed by atoms with Gasteiger partial charge in [-0.05, 0) is 136 Å². The SMILES string of the molecule is COc1ccc(Cc2ccc(OC3CCCCC3N3CCCCC3)cc2)c(-c2ccc(OCCN3CCCC3)cc2)c1. The van der Waals surface area contributed by atoms with Gasteiger partial charge in [-0.2, -0.15) is 0 Å². The second kappa shape index (κ2) is 14.4. The van der Waals surface area contributed by atoms with Crippen molar-refractivity contribution in [1.29, 1.82) is 0 Å². The molecule has 2 unspecified atom stereocenters. The van der Waals surface area contributed by atoms with Crippen LogP contribution in [0.1, 0.15) is 68.9 Å². The van der Waals surface area contributed by atoms with E-state index in [1.807, 2.05) is 0 Å². The van der Waals surface area contributed by atoms with Gasteiger partial charge in [0.25, 0.3) is 0 Å². The molecular formula is C37H48N2O3. The fraction of sp³-hybridized carbons (Fsp3) is 0.514. The Labute approximate surface area is 252 Å². The van der Waals surface area contributed by atoms with Crippen molar-refractivity contribution < 1.29 is 14.2 Å². The molecule has 2 heterocycles. The van der Waals surface area contributed by atoms with Crippen LogP contribution in [0.3, 0.4) is 0 Å². The fourth-order valence-corrected chi connectivity index (χ4v) is 7.10. The third kappa shape index (κ3) is 7.48. The lowest BCUT2D eigenvalue weighted by Crippen LogP contribution is -2.49. The van der Waals surface area contributed by atoms with Crippen LogP contribution in [-0.4, -0.2) is 68.4 Å². The molecule has 3 fully saturated rings. The van der Waals surface area contributed by atoms with Crippen LogP contribution in [0.15, 0.2) is 66.7 Å². The van der Waals surface area contributed by atoms with Crippen molar-refractivity contribution in [2.45, 2.75) is 76.4 Å². The summed E-state index contributed by atoms with van der Waals surface area (Å²) in [5.41, 5.74) is 4.94. The first-order valence-corrected chi connectivity index (χ1v) is 16.4. The molecule has 0 N–H and O–H groups in total. The molecule has 3 aromatic carbocycles. The maximum Gasteiger partial charge on any atom is 0.119 e. The molecule has 5 heteroatoms. The van der Waals surface area contributed by atoms with Gasteiger partial charge in [0.2, 0.25) is 0 Å². The van der Waals surface area contributed by atoms with E-state index in [2.05, 4.69) is 76.5 Å². The molecular weight excluding hydrogens is 520 g/mol. The van der Waals surface area contributed by atoms with E-state index in [1.165, 1.54) is 106 Å². The van der Waals surface area contributed by atoms with E-state index in [4.69, 9.17) is 14.2 Å². The molecule has 6 rings (SSSR count). The van der Waals surface area contributed by atoms with Gasteiger partial charge in [0, 0.05) is 12.6 Å². The molecule has 42 heavy (non-hydrogen) atoms. The zero-order valence-corrected chi connectivity index (χ0v) is 25.4. The molecule has 5 nitrogen and oxygen atoms in total. The highest BCUT2D eigenvalue weighted by molar-refractivity contribution is 5.70. The van der Waals surface area contributed by atoms with E-state index >= 15 is 0 Å². The van der Waals surface area contributed by atoms with Gasteiger partial charge in [-0.25, -0.2) is 0 Å². The number of rotatable bonds is 11. The maximum atomic E-state index is 6.64. The summed E-state index contributed by atoms with van der Waals surface area (Å²) in [5.74, 6) is 2.81. The number of hydrogen-bond acceptors (Lipinski definition) is 5. The zero-order chi connectivity index (χ0) is 28.6. The Hall–Kier alpha value is -3.02. The van der Waals surface area contributed by atoms with Crippen LogP contribution in [0.2, 0.25) is 0 Å². The van der Waals surface area contributed by atoms with Crippen molar-refractivity contribution in [3.05, 3.63) is 77.9 Å². The van der Waals surface area contributed by atoms with E-state index in [-0.39, 0.29) is 0 Å². The van der Waals surface area contributed by atoms with Crippen molar-refractivity contribution >= 4 is 0 Å². The topological polar surface area (TPSA) is 34.2 Å². The summed E-state index contributed by atoms with van der Waals surface area (Å²) in [6, 6.07) is 24.3. The average Bonchev–Trinajstić information content (AvgIpc) is 3.57. The standard InChI is InChI=1S/C37H48N2O3/c1-40-34-20-15-31(35(28-34)30-13-18-32(19-14-30)41-26-25-38-21-7-8-22-38)27-29-11-16-33(17-12-29)42-37-10-4-3-9-36(37)39-23-5-2-6-24-39/h11-20,28,36-37H,2-10,21-27H2,1H3. The Morgan fingerprint density at radius 1 is 0.690 bits per heavy atom. The highest BCUT2D eigenvalue weighted by Gasteiger charge is 2.32. The van der Waals surface area contributed by atoms with Crippen LogP contribution >= 0.6 is 0 Å². The van der Waals surface area contributed by atoms with E-state index in [0.717, 1.165) is 36.8 Å². The van der Waals surface area contributed by atoms with Gasteiger partial charge >= 0.3 is 0 Å². The smallest absolute Gasteiger partial charge is 0.119 e. The quantitative estimate of drug-likeness (QED) is 0.238. The minimum Gasteiger partial charge on any atom is -0.497 e. The summed E-state index contributed by atoms with van der Waals surface area (Å²) in [5, 5.41) is 0. The first-order chi connectivity index (χ1) is 20.7. The summed E-state index contributed by atoms with van der Waals surface area (Å²) >= 11 is 0. The van der Waals surface area contributed by atoms with E-state index in [9.17, 15) is 0 Å². The van der Waals surface area contributed by atoms with Crippen LogP contribution in [0.4, 0.5) is 0 Å². The fourth-order valence-electron chi connectivity index (χ4n) is 7.10. The highest BCUT2D eigenvalue weighted by Crippen LogP contribution is 2.33. The Bertz CT molecular complexity index is 1250. The maximum absolute atomic E-state index is 6.64. The van der Waals surface area contributed by atoms with Crippen LogP contribution < -0.4 is 14.2 Å². The lowest BCUT2D eigenvalue weighted by Gasteiger charge is -2.41. The number of hydrogen-bond donors (Lipinski definition) is 0. The molecule has 0 radical (unpaired) electrons. The van der Waals surface area contributed by atoms with Crippen molar-refractivity contribution in [3.63, 3.8) is 0 Å². The highest BCUT2D eigenvalue weighted by atomic mass is 16.5. The monoisotopic (exact) mass is 568 g/mol. The van der Waals surface area contributed by atoms with Gasteiger partial charge in [0.1, 0.15) is 30.0 Å². The number of ether oxygens (including phenoxy) is 3. The molecule has 2 saturated heterocycles. The number of methoxy groups -OCH3 is 1. The molecule has 0 aromatic heterocycles. The van der Waals surface area contributed by atoms with Crippen LogP contribution in [0, 0.1) is 0 Å². The number of piperidine rings is 1. The van der Waals surface area contributed by atoms with Crippen molar-refractivity contribution in [3.8, 4) is 28.4 Å². The summed E-state index contributed by atoms with van der Waals surface area (Å²) in [6.45, 7) is 6.63. The van der Waals surface area contributed by atoms with Gasteiger partial charge in [-0.1, -0.05) is 43.2 Å². The van der Waals surface area contributed by atoms with E-state index < -0.39 is 0 Å². The van der Waals surface area contributed by atoms with Crippen molar-refractivity contribution in [1.82, 2.24) is 9.80 Å². The number of benzene rings is 3. The largest absolute Gasteiger partial charge is 0.497 e. The predicted octanol–water partition coefficient (Wildman–Crippen LogP) is 7.60. The summed E-state index contributed by atoms with van der Waals surface area (Å²) < 4.78 is 18.3. The first kappa shape index (κ1) is 29.1. The normalized spacial score (nSPS) is 21.7. The van der Waals surface area contributed by atoms with Gasteiger partial charge in [0.15, 0.2) is 0 Å². The molecule has 1 aliphatic carbocycles. The van der Waals surface area contributed by atoms with E-state index in [0.29, 0.717) is 12.1 Å². The summed E-state index contributed by atoms with van der Waals surface area (Å²) in [4.78, 5) is 5.19. The number of likely N-dealkylation sites (tertiary alicyclic amines) is 2. The van der Waals surface area contributed by atoms with Gasteiger partial charge in [-0.15, -0.1) is 0 Å². The van der Waals surface area contributed by atoms with Crippen molar-refractivity contribution in [2.24, 2.45) is 0 Å². The Morgan fingerprint density at radius 3 is 2.14 bits per heavy atom. The molecule has 2 aliphatic heterocycles. The van der Waals surface area contributed by atoms with E-state index in [1.54, 1.807) is 7.11 Å². The molecule has 3 aromatic rings. The molecule has 3 aliphatic rings. The molecule has 224 valence electrons. The third-order valence-corrected chi connectivity index (χ3v) is 9.49. The van der Waals surface area contributed by atoms with Crippen LogP contribution in [0.5, 0.6) is 17.2 Å². The molecule has 0 spiro atoms. The van der Waals surface area contributed by atoms with Crippen molar-refractivity contribution in [2.75, 3.05) is 46.4 Å². The van der Waals surface area contributed by atoms with Gasteiger partial charge < -0.3 is 14.2 Å².